The van der Waals surface area contributed by atoms with Crippen LogP contribution in [0, 0.1) is 6.92 Å². The van der Waals surface area contributed by atoms with Crippen LogP contribution >= 0.6 is 0 Å². The summed E-state index contributed by atoms with van der Waals surface area (Å²) in [6.07, 6.45) is 2.31. The number of carbonyl (C=O) groups is 1. The number of hydrogen-bond donors (Lipinski definition) is 0. The zero-order chi connectivity index (χ0) is 8.97. The van der Waals surface area contributed by atoms with E-state index in [1.165, 1.54) is 6.26 Å². The van der Waals surface area contributed by atoms with Gasteiger partial charge in [-0.1, -0.05) is 6.92 Å². The molecule has 0 aliphatic heterocycles. The van der Waals surface area contributed by atoms with Crippen molar-refractivity contribution in [2.45, 2.75) is 20.3 Å². The van der Waals surface area contributed by atoms with Gasteiger partial charge in [0.25, 0.3) is 0 Å². The highest BCUT2D eigenvalue weighted by atomic mass is 16.5. The molecule has 0 radical (unpaired) electrons. The average Bonchev–Trinajstić information content (AvgIpc) is 2.47. The SMILES string of the molecule is CCCOC(=O)c1occc1C. The van der Waals surface area contributed by atoms with Gasteiger partial charge < -0.3 is 9.15 Å². The van der Waals surface area contributed by atoms with Crippen LogP contribution in [0.25, 0.3) is 0 Å². The van der Waals surface area contributed by atoms with Gasteiger partial charge in [0.1, 0.15) is 0 Å². The van der Waals surface area contributed by atoms with E-state index in [1.807, 2.05) is 13.8 Å². The van der Waals surface area contributed by atoms with Crippen molar-refractivity contribution in [1.82, 2.24) is 0 Å². The first-order valence-electron chi connectivity index (χ1n) is 3.97. The van der Waals surface area contributed by atoms with Crippen LogP contribution in [-0.2, 0) is 4.74 Å². The van der Waals surface area contributed by atoms with Crippen LogP contribution in [0.3, 0.4) is 0 Å². The molecule has 0 N–H and O–H groups in total. The van der Waals surface area contributed by atoms with Crippen molar-refractivity contribution < 1.29 is 13.9 Å². The lowest BCUT2D eigenvalue weighted by molar-refractivity contribution is 0.0467. The minimum atomic E-state index is -0.376. The Labute approximate surface area is 71.3 Å². The molecule has 12 heavy (non-hydrogen) atoms. The number of furan rings is 1. The highest BCUT2D eigenvalue weighted by molar-refractivity contribution is 5.87. The van der Waals surface area contributed by atoms with E-state index < -0.39 is 0 Å². The fourth-order valence-corrected chi connectivity index (χ4v) is 0.842. The maximum atomic E-state index is 11.2. The summed E-state index contributed by atoms with van der Waals surface area (Å²) in [5, 5.41) is 0. The van der Waals surface area contributed by atoms with Gasteiger partial charge >= 0.3 is 5.97 Å². The van der Waals surface area contributed by atoms with Gasteiger partial charge in [-0.15, -0.1) is 0 Å². The van der Waals surface area contributed by atoms with E-state index in [2.05, 4.69) is 0 Å². The van der Waals surface area contributed by atoms with Crippen molar-refractivity contribution in [3.63, 3.8) is 0 Å². The van der Waals surface area contributed by atoms with E-state index in [0.717, 1.165) is 12.0 Å². The number of rotatable bonds is 3. The highest BCUT2D eigenvalue weighted by Gasteiger charge is 2.12. The number of carbonyl (C=O) groups excluding carboxylic acids is 1. The normalized spacial score (nSPS) is 9.83. The summed E-state index contributed by atoms with van der Waals surface area (Å²) in [5.74, 6) is -0.0669. The van der Waals surface area contributed by atoms with Crippen LogP contribution in [-0.4, -0.2) is 12.6 Å². The lowest BCUT2D eigenvalue weighted by Gasteiger charge is -1.99. The Hall–Kier alpha value is -1.25. The molecule has 66 valence electrons. The first-order chi connectivity index (χ1) is 5.75. The molecular weight excluding hydrogens is 156 g/mol. The predicted octanol–water partition coefficient (Wildman–Crippen LogP) is 2.15. The second-order valence-corrected chi connectivity index (χ2v) is 2.57. The first kappa shape index (κ1) is 8.84. The van der Waals surface area contributed by atoms with Crippen LogP contribution < -0.4 is 0 Å². The molecule has 0 aromatic carbocycles. The van der Waals surface area contributed by atoms with Gasteiger partial charge in [0, 0.05) is 5.56 Å². The van der Waals surface area contributed by atoms with Crippen molar-refractivity contribution in [1.29, 1.82) is 0 Å². The maximum absolute atomic E-state index is 11.2. The van der Waals surface area contributed by atoms with Crippen LogP contribution in [0.15, 0.2) is 16.7 Å². The number of aryl methyl sites for hydroxylation is 1. The van der Waals surface area contributed by atoms with Crippen molar-refractivity contribution >= 4 is 5.97 Å². The predicted molar refractivity (Wildman–Crippen MR) is 44.0 cm³/mol. The van der Waals surface area contributed by atoms with Gasteiger partial charge in [0.05, 0.1) is 12.9 Å². The van der Waals surface area contributed by atoms with E-state index in [-0.39, 0.29) is 5.97 Å². The second kappa shape index (κ2) is 3.95. The molecule has 3 nitrogen and oxygen atoms in total. The summed E-state index contributed by atoms with van der Waals surface area (Å²) in [7, 11) is 0. The summed E-state index contributed by atoms with van der Waals surface area (Å²) in [5.41, 5.74) is 0.816. The van der Waals surface area contributed by atoms with E-state index in [4.69, 9.17) is 9.15 Å². The van der Waals surface area contributed by atoms with Crippen molar-refractivity contribution in [3.8, 4) is 0 Å². The third-order valence-corrected chi connectivity index (χ3v) is 1.48. The number of hydrogen-bond acceptors (Lipinski definition) is 3. The third kappa shape index (κ3) is 1.87. The van der Waals surface area contributed by atoms with Gasteiger partial charge in [-0.2, -0.15) is 0 Å². The van der Waals surface area contributed by atoms with Crippen molar-refractivity contribution in [3.05, 3.63) is 23.7 Å². The average molecular weight is 168 g/mol. The van der Waals surface area contributed by atoms with Gasteiger partial charge in [0.15, 0.2) is 0 Å². The summed E-state index contributed by atoms with van der Waals surface area (Å²) in [4.78, 5) is 11.2. The van der Waals surface area contributed by atoms with Crippen LogP contribution in [0.5, 0.6) is 0 Å². The topological polar surface area (TPSA) is 39.4 Å². The molecule has 1 aromatic rings. The Morgan fingerprint density at radius 1 is 1.67 bits per heavy atom. The molecule has 0 saturated carbocycles. The summed E-state index contributed by atoms with van der Waals surface area (Å²) >= 11 is 0. The molecule has 0 aliphatic carbocycles. The minimum Gasteiger partial charge on any atom is -0.460 e. The molecule has 0 amide bonds. The molecule has 0 aliphatic rings. The van der Waals surface area contributed by atoms with Crippen LogP contribution in [0.1, 0.15) is 29.5 Å². The Morgan fingerprint density at radius 3 is 2.92 bits per heavy atom. The van der Waals surface area contributed by atoms with Crippen molar-refractivity contribution in [2.24, 2.45) is 0 Å². The fraction of sp³-hybridized carbons (Fsp3) is 0.444. The van der Waals surface area contributed by atoms with E-state index in [9.17, 15) is 4.79 Å². The van der Waals surface area contributed by atoms with Gasteiger partial charge in [-0.3, -0.25) is 0 Å². The zero-order valence-corrected chi connectivity index (χ0v) is 7.29. The van der Waals surface area contributed by atoms with E-state index in [1.54, 1.807) is 6.07 Å². The quantitative estimate of drug-likeness (QED) is 0.649. The molecule has 0 spiro atoms. The number of ether oxygens (including phenoxy) is 1. The fourth-order valence-electron chi connectivity index (χ4n) is 0.842. The van der Waals surface area contributed by atoms with E-state index in [0.29, 0.717) is 12.4 Å². The standard InChI is InChI=1S/C9H12O3/c1-3-5-12-9(10)8-7(2)4-6-11-8/h4,6H,3,5H2,1-2H3. The molecular formula is C9H12O3. The Bertz CT molecular complexity index is 262. The highest BCUT2D eigenvalue weighted by Crippen LogP contribution is 2.09. The zero-order valence-electron chi connectivity index (χ0n) is 7.29. The lowest BCUT2D eigenvalue weighted by Crippen LogP contribution is -2.05. The molecule has 1 aromatic heterocycles. The van der Waals surface area contributed by atoms with Gasteiger partial charge in [-0.25, -0.2) is 4.79 Å². The minimum absolute atomic E-state index is 0.309. The first-order valence-corrected chi connectivity index (χ1v) is 3.97. The maximum Gasteiger partial charge on any atom is 0.374 e. The molecule has 0 atom stereocenters. The van der Waals surface area contributed by atoms with E-state index >= 15 is 0 Å². The molecule has 0 fully saturated rings. The monoisotopic (exact) mass is 168 g/mol. The molecule has 0 bridgehead atoms. The van der Waals surface area contributed by atoms with Crippen LogP contribution in [0.4, 0.5) is 0 Å². The summed E-state index contributed by atoms with van der Waals surface area (Å²) in [6.45, 7) is 4.20. The Balaban J connectivity index is 2.59. The molecule has 0 saturated heterocycles. The Kier molecular flexibility index (Phi) is 2.91. The lowest BCUT2D eigenvalue weighted by atomic mass is 10.3. The Morgan fingerprint density at radius 2 is 2.42 bits per heavy atom. The van der Waals surface area contributed by atoms with Gasteiger partial charge in [0.2, 0.25) is 5.76 Å². The molecule has 3 heteroatoms. The van der Waals surface area contributed by atoms with Crippen molar-refractivity contribution in [2.75, 3.05) is 6.61 Å². The smallest absolute Gasteiger partial charge is 0.374 e. The van der Waals surface area contributed by atoms with Gasteiger partial charge in [-0.05, 0) is 19.4 Å². The summed E-state index contributed by atoms with van der Waals surface area (Å²) in [6, 6.07) is 1.74. The number of esters is 1. The molecule has 1 rings (SSSR count). The molecule has 0 unspecified atom stereocenters. The second-order valence-electron chi connectivity index (χ2n) is 2.57. The molecule has 1 heterocycles. The van der Waals surface area contributed by atoms with Crippen LogP contribution in [0.2, 0.25) is 0 Å². The summed E-state index contributed by atoms with van der Waals surface area (Å²) < 4.78 is 9.83. The third-order valence-electron chi connectivity index (χ3n) is 1.48. The largest absolute Gasteiger partial charge is 0.460 e.